The minimum absolute atomic E-state index is 0.549. The molecule has 0 bridgehead atoms. The lowest BCUT2D eigenvalue weighted by Crippen LogP contribution is -2.37. The van der Waals surface area contributed by atoms with Gasteiger partial charge in [0.25, 0.3) is 0 Å². The van der Waals surface area contributed by atoms with Crippen molar-refractivity contribution < 1.29 is 4.48 Å². The molecule has 1 aromatic carbocycles. The molecule has 0 spiro atoms. The van der Waals surface area contributed by atoms with E-state index in [0.717, 1.165) is 10.4 Å². The number of benzene rings is 1. The quantitative estimate of drug-likeness (QED) is 0.679. The Bertz CT molecular complexity index is 316. The topological polar surface area (TPSA) is 0 Å². The highest BCUT2D eigenvalue weighted by molar-refractivity contribution is 5.24. The fraction of sp³-hybridized carbons (Fsp3) is 0.600. The van der Waals surface area contributed by atoms with Crippen LogP contribution >= 0.6 is 0 Å². The maximum atomic E-state index is 2.29. The summed E-state index contributed by atoms with van der Waals surface area (Å²) in [6, 6.07) is 9.67. The average molecular weight is 220 g/mol. The van der Waals surface area contributed by atoms with Crippen LogP contribution in [0, 0.1) is 5.92 Å². The van der Waals surface area contributed by atoms with E-state index in [2.05, 4.69) is 66.2 Å². The van der Waals surface area contributed by atoms with Gasteiger partial charge in [0.1, 0.15) is 6.04 Å². The molecule has 0 aliphatic carbocycles. The van der Waals surface area contributed by atoms with Crippen LogP contribution in [0.25, 0.3) is 0 Å². The molecule has 0 amide bonds. The zero-order valence-electron chi connectivity index (χ0n) is 11.6. The lowest BCUT2D eigenvalue weighted by Gasteiger charge is -2.32. The molecule has 0 fully saturated rings. The molecule has 1 unspecified atom stereocenters. The van der Waals surface area contributed by atoms with Crippen molar-refractivity contribution in [2.45, 2.75) is 33.2 Å². The molecule has 0 heterocycles. The molecule has 1 aromatic rings. The van der Waals surface area contributed by atoms with Crippen LogP contribution in [0.3, 0.4) is 0 Å². The van der Waals surface area contributed by atoms with Crippen molar-refractivity contribution in [1.29, 1.82) is 0 Å². The molecular weight excluding hydrogens is 194 g/mol. The normalized spacial score (nSPS) is 14.2. The number of hydrogen-bond donors (Lipinski definition) is 0. The van der Waals surface area contributed by atoms with Gasteiger partial charge in [-0.05, 0) is 24.8 Å². The highest BCUT2D eigenvalue weighted by atomic mass is 15.3. The van der Waals surface area contributed by atoms with Crippen molar-refractivity contribution in [3.8, 4) is 0 Å². The second-order valence-corrected chi connectivity index (χ2v) is 6.13. The summed E-state index contributed by atoms with van der Waals surface area (Å²) in [7, 11) is 6.73. The van der Waals surface area contributed by atoms with Gasteiger partial charge in [0, 0.05) is 5.56 Å². The molecule has 0 aliphatic heterocycles. The molecule has 0 saturated heterocycles. The highest BCUT2D eigenvalue weighted by Crippen LogP contribution is 2.23. The van der Waals surface area contributed by atoms with E-state index in [1.54, 1.807) is 0 Å². The largest absolute Gasteiger partial charge is 0.325 e. The average Bonchev–Trinajstić information content (AvgIpc) is 2.15. The zero-order chi connectivity index (χ0) is 12.3. The Labute approximate surface area is 101 Å². The first-order chi connectivity index (χ1) is 7.30. The van der Waals surface area contributed by atoms with Crippen LogP contribution in [0.4, 0.5) is 0 Å². The van der Waals surface area contributed by atoms with Gasteiger partial charge in [0.2, 0.25) is 0 Å². The molecule has 16 heavy (non-hydrogen) atoms. The minimum atomic E-state index is 0.549. The van der Waals surface area contributed by atoms with Crippen molar-refractivity contribution in [1.82, 2.24) is 0 Å². The molecule has 90 valence electrons. The number of quaternary nitrogens is 1. The predicted molar refractivity (Wildman–Crippen MR) is 71.4 cm³/mol. The lowest BCUT2D eigenvalue weighted by atomic mass is 9.99. The Morgan fingerprint density at radius 3 is 1.81 bits per heavy atom. The van der Waals surface area contributed by atoms with Gasteiger partial charge in [0.05, 0.1) is 21.1 Å². The van der Waals surface area contributed by atoms with E-state index in [1.807, 2.05) is 0 Å². The predicted octanol–water partition coefficient (Wildman–Crippen LogP) is 3.65. The summed E-state index contributed by atoms with van der Waals surface area (Å²) in [5, 5.41) is 0. The van der Waals surface area contributed by atoms with Gasteiger partial charge in [-0.3, -0.25) is 0 Å². The molecule has 1 atom stereocenters. The molecule has 1 rings (SSSR count). The van der Waals surface area contributed by atoms with E-state index in [0.29, 0.717) is 6.04 Å². The van der Waals surface area contributed by atoms with E-state index >= 15 is 0 Å². The third-order valence-corrected chi connectivity index (χ3v) is 3.27. The first-order valence-corrected chi connectivity index (χ1v) is 6.20. The molecule has 0 aliphatic rings. The summed E-state index contributed by atoms with van der Waals surface area (Å²) in [6.45, 7) is 6.82. The van der Waals surface area contributed by atoms with E-state index in [4.69, 9.17) is 0 Å². The Kier molecular flexibility index (Phi) is 4.15. The Balaban J connectivity index is 2.79. The monoisotopic (exact) mass is 220 g/mol. The minimum Gasteiger partial charge on any atom is -0.325 e. The first kappa shape index (κ1) is 13.2. The summed E-state index contributed by atoms with van der Waals surface area (Å²) in [4.78, 5) is 0. The van der Waals surface area contributed by atoms with Gasteiger partial charge in [-0.2, -0.15) is 0 Å². The molecule has 0 N–H and O–H groups in total. The van der Waals surface area contributed by atoms with Gasteiger partial charge in [-0.25, -0.2) is 0 Å². The van der Waals surface area contributed by atoms with Crippen LogP contribution < -0.4 is 0 Å². The molecule has 1 nitrogen and oxygen atoms in total. The van der Waals surface area contributed by atoms with Gasteiger partial charge in [-0.15, -0.1) is 0 Å². The van der Waals surface area contributed by atoms with Crippen LogP contribution in [-0.4, -0.2) is 25.6 Å². The highest BCUT2D eigenvalue weighted by Gasteiger charge is 2.19. The van der Waals surface area contributed by atoms with Crippen molar-refractivity contribution in [3.63, 3.8) is 0 Å². The van der Waals surface area contributed by atoms with Gasteiger partial charge >= 0.3 is 0 Å². The fourth-order valence-electron chi connectivity index (χ4n) is 1.85. The maximum absolute atomic E-state index is 2.29. The Morgan fingerprint density at radius 2 is 1.44 bits per heavy atom. The summed E-state index contributed by atoms with van der Waals surface area (Å²) in [5.41, 5.74) is 2.88. The third kappa shape index (κ3) is 3.64. The summed E-state index contributed by atoms with van der Waals surface area (Å²) < 4.78 is 0.976. The summed E-state index contributed by atoms with van der Waals surface area (Å²) >= 11 is 0. The van der Waals surface area contributed by atoms with Gasteiger partial charge < -0.3 is 4.48 Å². The molecular formula is C15H26N+. The third-order valence-electron chi connectivity index (χ3n) is 3.27. The Hall–Kier alpha value is -0.820. The zero-order valence-corrected chi connectivity index (χ0v) is 11.6. The Morgan fingerprint density at radius 1 is 0.938 bits per heavy atom. The second-order valence-electron chi connectivity index (χ2n) is 6.13. The van der Waals surface area contributed by atoms with Crippen LogP contribution in [0.1, 0.15) is 37.9 Å². The van der Waals surface area contributed by atoms with Crippen molar-refractivity contribution in [2.75, 3.05) is 21.1 Å². The number of rotatable bonds is 4. The van der Waals surface area contributed by atoms with E-state index in [1.165, 1.54) is 17.5 Å². The number of hydrogen-bond acceptors (Lipinski definition) is 0. The van der Waals surface area contributed by atoms with Crippen molar-refractivity contribution in [2.24, 2.45) is 5.92 Å². The smallest absolute Gasteiger partial charge is 0.111 e. The van der Waals surface area contributed by atoms with Crippen molar-refractivity contribution >= 4 is 0 Å². The SMILES string of the molecule is CC(C)Cc1ccc(C(C)[N+](C)(C)C)cc1. The van der Waals surface area contributed by atoms with E-state index in [9.17, 15) is 0 Å². The number of nitrogens with zero attached hydrogens (tertiary/aromatic N) is 1. The molecule has 0 saturated carbocycles. The summed E-state index contributed by atoms with van der Waals surface area (Å²) in [5.74, 6) is 0.738. The van der Waals surface area contributed by atoms with Crippen LogP contribution in [0.2, 0.25) is 0 Å². The summed E-state index contributed by atoms with van der Waals surface area (Å²) in [6.07, 6.45) is 1.18. The standard InChI is InChI=1S/C15H26N/c1-12(2)11-14-7-9-15(10-8-14)13(3)16(4,5)6/h7-10,12-13H,11H2,1-6H3/q+1. The van der Waals surface area contributed by atoms with E-state index < -0.39 is 0 Å². The van der Waals surface area contributed by atoms with Crippen LogP contribution in [0.15, 0.2) is 24.3 Å². The molecule has 0 radical (unpaired) electrons. The fourth-order valence-corrected chi connectivity index (χ4v) is 1.85. The van der Waals surface area contributed by atoms with Crippen LogP contribution in [-0.2, 0) is 6.42 Å². The van der Waals surface area contributed by atoms with Gasteiger partial charge in [0.15, 0.2) is 0 Å². The van der Waals surface area contributed by atoms with Crippen molar-refractivity contribution in [3.05, 3.63) is 35.4 Å². The second kappa shape index (κ2) is 5.01. The lowest BCUT2D eigenvalue weighted by molar-refractivity contribution is -0.900. The molecule has 0 aromatic heterocycles. The molecule has 1 heteroatoms. The maximum Gasteiger partial charge on any atom is 0.111 e. The van der Waals surface area contributed by atoms with Crippen LogP contribution in [0.5, 0.6) is 0 Å². The first-order valence-electron chi connectivity index (χ1n) is 6.20. The van der Waals surface area contributed by atoms with Gasteiger partial charge in [-0.1, -0.05) is 38.1 Å². The van der Waals surface area contributed by atoms with E-state index in [-0.39, 0.29) is 0 Å².